The van der Waals surface area contributed by atoms with Gasteiger partial charge in [0.2, 0.25) is 0 Å². The minimum atomic E-state index is -0.502. The second-order valence-electron chi connectivity index (χ2n) is 7.46. The van der Waals surface area contributed by atoms with Crippen LogP contribution in [0.15, 0.2) is 18.2 Å². The third-order valence-electron chi connectivity index (χ3n) is 5.18. The van der Waals surface area contributed by atoms with Crippen LogP contribution in [0.4, 0.5) is 5.69 Å². The Labute approximate surface area is 167 Å². The molecule has 1 aromatic carbocycles. The number of esters is 1. The van der Waals surface area contributed by atoms with E-state index >= 15 is 0 Å². The van der Waals surface area contributed by atoms with E-state index in [1.165, 1.54) is 0 Å². The number of carbonyl (C=O) groups is 3. The fourth-order valence-corrected chi connectivity index (χ4v) is 3.49. The number of hydrogen-bond acceptors (Lipinski definition) is 4. The molecule has 154 valence electrons. The summed E-state index contributed by atoms with van der Waals surface area (Å²) < 4.78 is 5.11. The van der Waals surface area contributed by atoms with E-state index in [2.05, 4.69) is 5.32 Å². The molecule has 7 nitrogen and oxygen atoms in total. The van der Waals surface area contributed by atoms with Gasteiger partial charge in [0.1, 0.15) is 6.04 Å². The Morgan fingerprint density at radius 2 is 1.96 bits per heavy atom. The minimum Gasteiger partial charge on any atom is -0.464 e. The van der Waals surface area contributed by atoms with Gasteiger partial charge in [-0.15, -0.1) is 0 Å². The van der Waals surface area contributed by atoms with Gasteiger partial charge in [-0.25, -0.2) is 4.79 Å². The minimum absolute atomic E-state index is 0.116. The van der Waals surface area contributed by atoms with Crippen molar-refractivity contribution in [3.05, 3.63) is 29.3 Å². The first-order valence-corrected chi connectivity index (χ1v) is 9.97. The Hall–Kier alpha value is -2.41. The van der Waals surface area contributed by atoms with Crippen molar-refractivity contribution in [2.24, 2.45) is 0 Å². The molecule has 0 bridgehead atoms. The molecule has 28 heavy (non-hydrogen) atoms. The van der Waals surface area contributed by atoms with Gasteiger partial charge >= 0.3 is 5.97 Å². The fraction of sp³-hybridized carbons (Fsp3) is 0.571. The van der Waals surface area contributed by atoms with Crippen LogP contribution < -0.4 is 10.2 Å². The fourth-order valence-electron chi connectivity index (χ4n) is 3.49. The molecule has 1 heterocycles. The Kier molecular flexibility index (Phi) is 7.99. The van der Waals surface area contributed by atoms with E-state index in [-0.39, 0.29) is 30.9 Å². The van der Waals surface area contributed by atoms with E-state index in [1.807, 2.05) is 39.1 Å². The lowest BCUT2D eigenvalue weighted by atomic mass is 10.0. The molecule has 2 N–H and O–H groups in total. The van der Waals surface area contributed by atoms with Crippen LogP contribution in [0.2, 0.25) is 0 Å². The first-order valence-electron chi connectivity index (χ1n) is 9.97. The SMILES string of the molecule is CCOC(=O)[C@H]1CCCCN1C(=O)C[NH+](C)CC(=O)Nc1cccc(C)c1C. The highest BCUT2D eigenvalue weighted by atomic mass is 16.5. The van der Waals surface area contributed by atoms with Gasteiger partial charge in [0.25, 0.3) is 11.8 Å². The molecule has 1 unspecified atom stereocenters. The highest BCUT2D eigenvalue weighted by Crippen LogP contribution is 2.19. The molecule has 1 aliphatic heterocycles. The van der Waals surface area contributed by atoms with Gasteiger partial charge in [-0.3, -0.25) is 9.59 Å². The number of carbonyl (C=O) groups excluding carboxylic acids is 3. The van der Waals surface area contributed by atoms with Crippen molar-refractivity contribution in [2.75, 3.05) is 38.6 Å². The lowest BCUT2D eigenvalue weighted by Crippen LogP contribution is -3.11. The number of hydrogen-bond donors (Lipinski definition) is 2. The Balaban J connectivity index is 1.91. The largest absolute Gasteiger partial charge is 0.464 e. The number of aryl methyl sites for hydroxylation is 1. The number of nitrogens with zero attached hydrogens (tertiary/aromatic N) is 1. The summed E-state index contributed by atoms with van der Waals surface area (Å²) in [7, 11) is 1.81. The van der Waals surface area contributed by atoms with E-state index < -0.39 is 6.04 Å². The maximum atomic E-state index is 12.7. The van der Waals surface area contributed by atoms with Crippen molar-refractivity contribution in [1.82, 2.24) is 4.90 Å². The Morgan fingerprint density at radius 1 is 1.21 bits per heavy atom. The number of likely N-dealkylation sites (tertiary alicyclic amines) is 1. The molecule has 7 heteroatoms. The predicted molar refractivity (Wildman–Crippen MR) is 107 cm³/mol. The van der Waals surface area contributed by atoms with Gasteiger partial charge in [-0.1, -0.05) is 12.1 Å². The van der Waals surface area contributed by atoms with Crippen LogP contribution in [-0.2, 0) is 19.1 Å². The van der Waals surface area contributed by atoms with Crippen molar-refractivity contribution in [3.63, 3.8) is 0 Å². The first kappa shape index (κ1) is 21.9. The number of nitrogens with one attached hydrogen (secondary N) is 2. The second-order valence-corrected chi connectivity index (χ2v) is 7.46. The number of amides is 2. The highest BCUT2D eigenvalue weighted by Gasteiger charge is 2.34. The monoisotopic (exact) mass is 390 g/mol. The van der Waals surface area contributed by atoms with Crippen LogP contribution in [-0.4, -0.2) is 62.0 Å². The van der Waals surface area contributed by atoms with E-state index in [1.54, 1.807) is 11.8 Å². The summed E-state index contributed by atoms with van der Waals surface area (Å²) in [4.78, 5) is 39.7. The molecule has 1 saturated heterocycles. The van der Waals surface area contributed by atoms with Crippen molar-refractivity contribution < 1.29 is 24.0 Å². The summed E-state index contributed by atoms with van der Waals surface area (Å²) in [5.41, 5.74) is 2.95. The first-order chi connectivity index (χ1) is 13.3. The summed E-state index contributed by atoms with van der Waals surface area (Å²) in [5, 5.41) is 2.92. The van der Waals surface area contributed by atoms with Gasteiger partial charge in [-0.05, 0) is 57.2 Å². The molecule has 1 fully saturated rings. The maximum Gasteiger partial charge on any atom is 0.328 e. The number of anilines is 1. The van der Waals surface area contributed by atoms with E-state index in [4.69, 9.17) is 4.74 Å². The topological polar surface area (TPSA) is 80.2 Å². The number of piperidine rings is 1. The van der Waals surface area contributed by atoms with Crippen LogP contribution >= 0.6 is 0 Å². The van der Waals surface area contributed by atoms with Crippen LogP contribution in [0, 0.1) is 13.8 Å². The normalized spacial score (nSPS) is 17.7. The molecule has 0 aromatic heterocycles. The number of quaternary nitrogens is 1. The molecule has 0 aliphatic carbocycles. The number of likely N-dealkylation sites (N-methyl/N-ethyl adjacent to an activating group) is 1. The van der Waals surface area contributed by atoms with E-state index in [9.17, 15) is 14.4 Å². The van der Waals surface area contributed by atoms with Gasteiger partial charge in [0.05, 0.1) is 13.7 Å². The molecule has 1 aliphatic rings. The number of rotatable bonds is 7. The van der Waals surface area contributed by atoms with Gasteiger partial charge < -0.3 is 19.9 Å². The van der Waals surface area contributed by atoms with Crippen molar-refractivity contribution in [3.8, 4) is 0 Å². The summed E-state index contributed by atoms with van der Waals surface area (Å²) in [6, 6.07) is 5.28. The van der Waals surface area contributed by atoms with Crippen molar-refractivity contribution in [2.45, 2.75) is 46.1 Å². The van der Waals surface area contributed by atoms with Crippen LogP contribution in [0.1, 0.15) is 37.3 Å². The third-order valence-corrected chi connectivity index (χ3v) is 5.18. The predicted octanol–water partition coefficient (Wildman–Crippen LogP) is 0.701. The summed E-state index contributed by atoms with van der Waals surface area (Å²) >= 11 is 0. The molecule has 1 aromatic rings. The van der Waals surface area contributed by atoms with Crippen LogP contribution in [0.3, 0.4) is 0 Å². The summed E-state index contributed by atoms with van der Waals surface area (Å²) in [6.07, 6.45) is 2.43. The van der Waals surface area contributed by atoms with E-state index in [0.717, 1.165) is 34.6 Å². The maximum absolute atomic E-state index is 12.7. The van der Waals surface area contributed by atoms with Crippen molar-refractivity contribution >= 4 is 23.5 Å². The average molecular weight is 391 g/mol. The molecule has 2 atom stereocenters. The quantitative estimate of drug-likeness (QED) is 0.672. The Morgan fingerprint density at radius 3 is 2.68 bits per heavy atom. The third kappa shape index (κ3) is 5.79. The molecular weight excluding hydrogens is 358 g/mol. The van der Waals surface area contributed by atoms with Crippen molar-refractivity contribution in [1.29, 1.82) is 0 Å². The summed E-state index contributed by atoms with van der Waals surface area (Å²) in [5.74, 6) is -0.588. The summed E-state index contributed by atoms with van der Waals surface area (Å²) in [6.45, 7) is 6.94. The zero-order valence-electron chi connectivity index (χ0n) is 17.3. The molecule has 0 spiro atoms. The molecule has 0 radical (unpaired) electrons. The van der Waals surface area contributed by atoms with Gasteiger partial charge in [-0.2, -0.15) is 0 Å². The van der Waals surface area contributed by atoms with Gasteiger partial charge in [0, 0.05) is 12.2 Å². The van der Waals surface area contributed by atoms with E-state index in [0.29, 0.717) is 19.6 Å². The lowest BCUT2D eigenvalue weighted by Gasteiger charge is -2.34. The number of benzene rings is 1. The van der Waals surface area contributed by atoms with Gasteiger partial charge in [0.15, 0.2) is 13.1 Å². The zero-order chi connectivity index (χ0) is 20.7. The standard InChI is InChI=1S/C21H31N3O4/c1-5-28-21(27)18-11-6-7-12-24(18)20(26)14-23(4)13-19(25)22-17-10-8-9-15(2)16(17)3/h8-10,18H,5-7,11-14H2,1-4H3,(H,22,25)/p+1/t18-/m1/s1. The average Bonchev–Trinajstić information content (AvgIpc) is 2.65. The number of ether oxygens (including phenoxy) is 1. The molecule has 2 amide bonds. The lowest BCUT2D eigenvalue weighted by molar-refractivity contribution is -0.862. The second kappa shape index (κ2) is 10.2. The zero-order valence-corrected chi connectivity index (χ0v) is 17.3. The Bertz CT molecular complexity index is 720. The molecule has 0 saturated carbocycles. The smallest absolute Gasteiger partial charge is 0.328 e. The highest BCUT2D eigenvalue weighted by molar-refractivity contribution is 5.92. The molecular formula is C21H32N3O4+. The van der Waals surface area contributed by atoms with Crippen LogP contribution in [0.5, 0.6) is 0 Å². The van der Waals surface area contributed by atoms with Crippen LogP contribution in [0.25, 0.3) is 0 Å². The molecule has 2 rings (SSSR count).